The summed E-state index contributed by atoms with van der Waals surface area (Å²) in [5, 5.41) is 0. The maximum atomic E-state index is 13.1. The second kappa shape index (κ2) is 8.19. The normalized spacial score (nSPS) is 26.0. The number of likely N-dealkylation sites (tertiary alicyclic amines) is 3. The zero-order chi connectivity index (χ0) is 18.8. The Morgan fingerprint density at radius 2 is 1.74 bits per heavy atom. The van der Waals surface area contributed by atoms with Crippen LogP contribution in [-0.2, 0) is 4.79 Å². The number of nitrogens with zero attached hydrogens (tertiary/aromatic N) is 3. The van der Waals surface area contributed by atoms with Gasteiger partial charge in [-0.3, -0.25) is 4.79 Å². The largest absolute Gasteiger partial charge is 0.497 e. The van der Waals surface area contributed by atoms with Crippen LogP contribution in [0.15, 0.2) is 24.3 Å². The smallest absolute Gasteiger partial charge is 0.226 e. The van der Waals surface area contributed by atoms with Gasteiger partial charge in [0, 0.05) is 18.5 Å². The van der Waals surface area contributed by atoms with Gasteiger partial charge in [-0.1, -0.05) is 12.1 Å². The third-order valence-corrected chi connectivity index (χ3v) is 6.86. The van der Waals surface area contributed by atoms with Crippen LogP contribution in [0, 0.1) is 5.92 Å². The van der Waals surface area contributed by atoms with Gasteiger partial charge in [-0.05, 0) is 83.0 Å². The average Bonchev–Trinajstić information content (AvgIpc) is 2.68. The molecule has 0 radical (unpaired) electrons. The minimum absolute atomic E-state index is 0.209. The molecule has 1 unspecified atom stereocenters. The van der Waals surface area contributed by atoms with Crippen LogP contribution in [0.4, 0.5) is 0 Å². The summed E-state index contributed by atoms with van der Waals surface area (Å²) >= 11 is 0. The quantitative estimate of drug-likeness (QED) is 0.815. The van der Waals surface area contributed by atoms with Gasteiger partial charge in [-0.25, -0.2) is 0 Å². The average molecular weight is 372 g/mol. The molecule has 1 amide bonds. The van der Waals surface area contributed by atoms with E-state index in [4.69, 9.17) is 4.74 Å². The summed E-state index contributed by atoms with van der Waals surface area (Å²) in [4.78, 5) is 20.3. The molecule has 0 aliphatic carbocycles. The van der Waals surface area contributed by atoms with Gasteiger partial charge in [0.1, 0.15) is 5.75 Å². The van der Waals surface area contributed by atoms with Gasteiger partial charge in [0.2, 0.25) is 5.91 Å². The molecule has 3 saturated heterocycles. The molecular weight excluding hydrogens is 338 g/mol. The van der Waals surface area contributed by atoms with Gasteiger partial charge in [0.25, 0.3) is 0 Å². The van der Waals surface area contributed by atoms with E-state index >= 15 is 0 Å². The van der Waals surface area contributed by atoms with E-state index in [2.05, 4.69) is 33.9 Å². The molecule has 1 aromatic carbocycles. The van der Waals surface area contributed by atoms with Gasteiger partial charge < -0.3 is 19.4 Å². The molecule has 5 nitrogen and oxygen atoms in total. The van der Waals surface area contributed by atoms with Gasteiger partial charge in [0.15, 0.2) is 0 Å². The number of benzene rings is 1. The second-order valence-electron chi connectivity index (χ2n) is 8.46. The Balaban J connectivity index is 1.31. The Labute approximate surface area is 163 Å². The Bertz CT molecular complexity index is 649. The van der Waals surface area contributed by atoms with Crippen molar-refractivity contribution in [3.8, 4) is 5.75 Å². The van der Waals surface area contributed by atoms with E-state index in [-0.39, 0.29) is 12.0 Å². The van der Waals surface area contributed by atoms with E-state index in [0.29, 0.717) is 5.91 Å². The van der Waals surface area contributed by atoms with Crippen molar-refractivity contribution in [2.24, 2.45) is 5.92 Å². The highest BCUT2D eigenvalue weighted by atomic mass is 16.5. The summed E-state index contributed by atoms with van der Waals surface area (Å²) in [5.74, 6) is 1.45. The number of carbonyl (C=O) groups excluding carboxylic acids is 1. The lowest BCUT2D eigenvalue weighted by Gasteiger charge is -2.45. The van der Waals surface area contributed by atoms with Crippen LogP contribution in [-0.4, -0.2) is 73.5 Å². The fraction of sp³-hybridized carbons (Fsp3) is 0.682. The molecule has 3 aliphatic heterocycles. The molecule has 0 N–H and O–H groups in total. The van der Waals surface area contributed by atoms with Crippen LogP contribution in [0.5, 0.6) is 5.75 Å². The first-order valence-electron chi connectivity index (χ1n) is 10.5. The third-order valence-electron chi connectivity index (χ3n) is 6.86. The van der Waals surface area contributed by atoms with Crippen molar-refractivity contribution in [3.63, 3.8) is 0 Å². The predicted molar refractivity (Wildman–Crippen MR) is 107 cm³/mol. The Morgan fingerprint density at radius 1 is 1.00 bits per heavy atom. The number of hydrogen-bond acceptors (Lipinski definition) is 4. The lowest BCUT2D eigenvalue weighted by Crippen LogP contribution is -2.52. The van der Waals surface area contributed by atoms with E-state index < -0.39 is 0 Å². The summed E-state index contributed by atoms with van der Waals surface area (Å²) in [6, 6.07) is 9.15. The van der Waals surface area contributed by atoms with E-state index in [9.17, 15) is 4.79 Å². The molecule has 4 rings (SSSR count). The molecule has 148 valence electrons. The molecule has 3 fully saturated rings. The van der Waals surface area contributed by atoms with Crippen molar-refractivity contribution in [2.45, 2.75) is 44.2 Å². The number of hydrogen-bond donors (Lipinski definition) is 0. The fourth-order valence-corrected chi connectivity index (χ4v) is 4.95. The zero-order valence-corrected chi connectivity index (χ0v) is 16.8. The molecule has 0 aromatic heterocycles. The standard InChI is InChI=1S/C22H33N3O2/c1-23-11-8-19(9-12-23)24-13-6-17(7-14-24)22(26)25-15-10-21(25)18-4-3-5-20(16-18)27-2/h3-5,16-17,19,21H,6-15H2,1-2H3. The van der Waals surface area contributed by atoms with Crippen LogP contribution >= 0.6 is 0 Å². The van der Waals surface area contributed by atoms with Crippen molar-refractivity contribution in [1.82, 2.24) is 14.7 Å². The molecule has 3 heterocycles. The lowest BCUT2D eigenvalue weighted by molar-refractivity contribution is -0.145. The number of amides is 1. The van der Waals surface area contributed by atoms with Crippen molar-refractivity contribution in [1.29, 1.82) is 0 Å². The van der Waals surface area contributed by atoms with Crippen molar-refractivity contribution < 1.29 is 9.53 Å². The first-order valence-corrected chi connectivity index (χ1v) is 10.5. The number of ether oxygens (including phenoxy) is 1. The molecule has 27 heavy (non-hydrogen) atoms. The molecule has 1 atom stereocenters. The van der Waals surface area contributed by atoms with Gasteiger partial charge in [-0.15, -0.1) is 0 Å². The van der Waals surface area contributed by atoms with Gasteiger partial charge in [-0.2, -0.15) is 0 Å². The predicted octanol–water partition coefficient (Wildman–Crippen LogP) is 2.77. The monoisotopic (exact) mass is 371 g/mol. The minimum Gasteiger partial charge on any atom is -0.497 e. The highest BCUT2D eigenvalue weighted by Gasteiger charge is 2.38. The molecule has 0 bridgehead atoms. The van der Waals surface area contributed by atoms with Gasteiger partial charge in [0.05, 0.1) is 13.2 Å². The topological polar surface area (TPSA) is 36.0 Å². The van der Waals surface area contributed by atoms with Crippen LogP contribution in [0.25, 0.3) is 0 Å². The fourth-order valence-electron chi connectivity index (χ4n) is 4.95. The van der Waals surface area contributed by atoms with Crippen molar-refractivity contribution in [2.75, 3.05) is 46.9 Å². The SMILES string of the molecule is COc1cccc(C2CCN2C(=O)C2CCN(C3CCN(C)CC3)CC2)c1. The lowest BCUT2D eigenvalue weighted by atomic mass is 9.88. The summed E-state index contributed by atoms with van der Waals surface area (Å²) in [5.41, 5.74) is 1.21. The molecule has 5 heteroatoms. The Morgan fingerprint density at radius 3 is 2.37 bits per heavy atom. The van der Waals surface area contributed by atoms with Crippen LogP contribution in [0.2, 0.25) is 0 Å². The first-order chi connectivity index (χ1) is 13.2. The number of rotatable bonds is 4. The second-order valence-corrected chi connectivity index (χ2v) is 8.46. The molecule has 1 aromatic rings. The molecule has 0 saturated carbocycles. The third kappa shape index (κ3) is 3.99. The van der Waals surface area contributed by atoms with Crippen molar-refractivity contribution in [3.05, 3.63) is 29.8 Å². The Kier molecular flexibility index (Phi) is 5.69. The molecule has 3 aliphatic rings. The van der Waals surface area contributed by atoms with E-state index in [0.717, 1.165) is 50.7 Å². The molecular formula is C22H33N3O2. The van der Waals surface area contributed by atoms with E-state index in [1.807, 2.05) is 12.1 Å². The summed E-state index contributed by atoms with van der Waals surface area (Å²) < 4.78 is 5.35. The number of carbonyl (C=O) groups is 1. The van der Waals surface area contributed by atoms with Gasteiger partial charge >= 0.3 is 0 Å². The Hall–Kier alpha value is -1.59. The zero-order valence-electron chi connectivity index (χ0n) is 16.8. The molecule has 0 spiro atoms. The number of methoxy groups -OCH3 is 1. The summed E-state index contributed by atoms with van der Waals surface area (Å²) in [7, 11) is 3.91. The maximum absolute atomic E-state index is 13.1. The summed E-state index contributed by atoms with van der Waals surface area (Å²) in [6.07, 6.45) is 5.66. The first kappa shape index (κ1) is 18.8. The van der Waals surface area contributed by atoms with Crippen molar-refractivity contribution >= 4 is 5.91 Å². The highest BCUT2D eigenvalue weighted by Crippen LogP contribution is 2.37. The van der Waals surface area contributed by atoms with Crippen LogP contribution in [0.3, 0.4) is 0 Å². The van der Waals surface area contributed by atoms with Crippen LogP contribution < -0.4 is 4.74 Å². The van der Waals surface area contributed by atoms with Crippen LogP contribution in [0.1, 0.15) is 43.7 Å². The van der Waals surface area contributed by atoms with E-state index in [1.54, 1.807) is 7.11 Å². The highest BCUT2D eigenvalue weighted by molar-refractivity contribution is 5.80. The maximum Gasteiger partial charge on any atom is 0.226 e. The summed E-state index contributed by atoms with van der Waals surface area (Å²) in [6.45, 7) is 5.49. The van der Waals surface area contributed by atoms with E-state index in [1.165, 1.54) is 31.5 Å². The minimum atomic E-state index is 0.209. The number of piperidine rings is 2.